The minimum Gasteiger partial charge on any atom is -0.384 e. The van der Waals surface area contributed by atoms with Gasteiger partial charge in [0.05, 0.1) is 0 Å². The maximum absolute atomic E-state index is 5.36. The Balaban J connectivity index is 1.71. The van der Waals surface area contributed by atoms with Gasteiger partial charge in [-0.15, -0.1) is 0 Å². The van der Waals surface area contributed by atoms with Crippen LogP contribution in [0.4, 0.5) is 5.69 Å². The van der Waals surface area contributed by atoms with Crippen LogP contribution < -0.4 is 5.32 Å². The molecule has 0 fully saturated rings. The summed E-state index contributed by atoms with van der Waals surface area (Å²) in [7, 11) is 0. The summed E-state index contributed by atoms with van der Waals surface area (Å²) in [5.41, 5.74) is 4.04. The first-order chi connectivity index (χ1) is 10.3. The number of anilines is 1. The molecular formula is C15H13N5O. The first kappa shape index (κ1) is 12.0. The molecule has 0 amide bonds. The van der Waals surface area contributed by atoms with Crippen molar-refractivity contribution in [2.75, 3.05) is 11.9 Å². The number of rotatable bonds is 2. The first-order valence-electron chi connectivity index (χ1n) is 6.80. The number of hydrogen-bond acceptors (Lipinski definition) is 6. The van der Waals surface area contributed by atoms with Crippen LogP contribution in [-0.4, -0.2) is 26.7 Å². The second kappa shape index (κ2) is 4.66. The number of aryl methyl sites for hydroxylation is 1. The molecule has 1 aliphatic heterocycles. The minimum atomic E-state index is 0.476. The van der Waals surface area contributed by atoms with Gasteiger partial charge in [-0.25, -0.2) is 9.97 Å². The van der Waals surface area contributed by atoms with Gasteiger partial charge in [0.2, 0.25) is 5.82 Å². The highest BCUT2D eigenvalue weighted by Crippen LogP contribution is 2.28. The lowest BCUT2D eigenvalue weighted by molar-refractivity contribution is 0.432. The molecule has 0 aliphatic carbocycles. The van der Waals surface area contributed by atoms with Gasteiger partial charge < -0.3 is 9.84 Å². The molecule has 1 aromatic carbocycles. The van der Waals surface area contributed by atoms with Gasteiger partial charge in [0, 0.05) is 24.0 Å². The molecule has 0 saturated heterocycles. The van der Waals surface area contributed by atoms with Crippen molar-refractivity contribution in [1.29, 1.82) is 0 Å². The van der Waals surface area contributed by atoms with E-state index in [1.54, 1.807) is 12.3 Å². The summed E-state index contributed by atoms with van der Waals surface area (Å²) in [5.74, 6) is 1.65. The van der Waals surface area contributed by atoms with Gasteiger partial charge in [-0.3, -0.25) is 0 Å². The lowest BCUT2D eigenvalue weighted by atomic mass is 10.1. The lowest BCUT2D eigenvalue weighted by Gasteiger charge is -2.00. The molecule has 4 rings (SSSR count). The third-order valence-corrected chi connectivity index (χ3v) is 3.50. The van der Waals surface area contributed by atoms with E-state index >= 15 is 0 Å². The zero-order chi connectivity index (χ0) is 14.2. The summed E-state index contributed by atoms with van der Waals surface area (Å²) in [5, 5.41) is 7.35. The van der Waals surface area contributed by atoms with Crippen LogP contribution in [-0.2, 0) is 6.42 Å². The molecule has 1 aliphatic rings. The minimum absolute atomic E-state index is 0.476. The second-order valence-electron chi connectivity index (χ2n) is 4.96. The molecule has 6 heteroatoms. The Hall–Kier alpha value is -2.76. The van der Waals surface area contributed by atoms with Crippen LogP contribution in [0.3, 0.4) is 0 Å². The molecule has 104 valence electrons. The zero-order valence-electron chi connectivity index (χ0n) is 11.5. The zero-order valence-corrected chi connectivity index (χ0v) is 11.5. The van der Waals surface area contributed by atoms with Gasteiger partial charge in [-0.1, -0.05) is 11.2 Å². The van der Waals surface area contributed by atoms with Gasteiger partial charge in [-0.05, 0) is 37.1 Å². The van der Waals surface area contributed by atoms with Crippen molar-refractivity contribution in [1.82, 2.24) is 20.1 Å². The Morgan fingerprint density at radius 1 is 1.19 bits per heavy atom. The molecule has 0 unspecified atom stereocenters. The van der Waals surface area contributed by atoms with E-state index in [4.69, 9.17) is 4.52 Å². The quantitative estimate of drug-likeness (QED) is 0.776. The number of hydrogen-bond donors (Lipinski definition) is 1. The molecule has 3 aromatic rings. The molecule has 0 bridgehead atoms. The maximum atomic E-state index is 5.36. The van der Waals surface area contributed by atoms with E-state index in [-0.39, 0.29) is 0 Å². The number of nitrogens with one attached hydrogen (secondary N) is 1. The van der Waals surface area contributed by atoms with Crippen LogP contribution in [0.1, 0.15) is 11.4 Å². The topological polar surface area (TPSA) is 76.7 Å². The fraction of sp³-hybridized carbons (Fsp3) is 0.200. The van der Waals surface area contributed by atoms with Crippen molar-refractivity contribution in [3.8, 4) is 23.0 Å². The van der Waals surface area contributed by atoms with Crippen LogP contribution >= 0.6 is 0 Å². The summed E-state index contributed by atoms with van der Waals surface area (Å²) in [6, 6.07) is 7.93. The van der Waals surface area contributed by atoms with Crippen molar-refractivity contribution in [3.63, 3.8) is 0 Å². The average molecular weight is 279 g/mol. The molecule has 3 heterocycles. The summed E-state index contributed by atoms with van der Waals surface area (Å²) in [6.45, 7) is 2.81. The summed E-state index contributed by atoms with van der Waals surface area (Å²) in [4.78, 5) is 12.8. The molecule has 0 radical (unpaired) electrons. The maximum Gasteiger partial charge on any atom is 0.258 e. The van der Waals surface area contributed by atoms with Crippen molar-refractivity contribution in [3.05, 3.63) is 41.9 Å². The fourth-order valence-corrected chi connectivity index (χ4v) is 2.45. The second-order valence-corrected chi connectivity index (χ2v) is 4.96. The van der Waals surface area contributed by atoms with E-state index < -0.39 is 0 Å². The summed E-state index contributed by atoms with van der Waals surface area (Å²) >= 11 is 0. The van der Waals surface area contributed by atoms with Gasteiger partial charge in [0.15, 0.2) is 0 Å². The molecule has 21 heavy (non-hydrogen) atoms. The van der Waals surface area contributed by atoms with E-state index in [9.17, 15) is 0 Å². The van der Waals surface area contributed by atoms with Crippen molar-refractivity contribution in [2.24, 2.45) is 0 Å². The highest BCUT2D eigenvalue weighted by atomic mass is 16.5. The lowest BCUT2D eigenvalue weighted by Crippen LogP contribution is -1.91. The Bertz CT molecular complexity index is 811. The molecule has 6 nitrogen and oxygen atoms in total. The Morgan fingerprint density at radius 3 is 3.05 bits per heavy atom. The predicted octanol–water partition coefficient (Wildman–Crippen LogP) is 2.47. The summed E-state index contributed by atoms with van der Waals surface area (Å²) < 4.78 is 5.36. The normalized spacial score (nSPS) is 13.0. The smallest absolute Gasteiger partial charge is 0.258 e. The Labute approximate surface area is 121 Å². The van der Waals surface area contributed by atoms with E-state index in [1.165, 1.54) is 5.56 Å². The third kappa shape index (κ3) is 2.14. The molecule has 0 saturated carbocycles. The molecular weight excluding hydrogens is 266 g/mol. The largest absolute Gasteiger partial charge is 0.384 e. The molecule has 0 atom stereocenters. The number of fused-ring (bicyclic) bond motifs is 1. The molecule has 0 spiro atoms. The standard InChI is InChI=1S/C15H13N5O/c1-9-16-7-5-12(18-9)14-19-15(21-20-14)11-3-2-10-4-6-17-13(10)8-11/h2-3,5,7-8,17H,4,6H2,1H3. The van der Waals surface area contributed by atoms with Crippen LogP contribution in [0.5, 0.6) is 0 Å². The third-order valence-electron chi connectivity index (χ3n) is 3.50. The van der Waals surface area contributed by atoms with Gasteiger partial charge in [0.1, 0.15) is 11.5 Å². The van der Waals surface area contributed by atoms with Crippen LogP contribution in [0, 0.1) is 6.92 Å². The van der Waals surface area contributed by atoms with Gasteiger partial charge in [-0.2, -0.15) is 4.98 Å². The predicted molar refractivity (Wildman–Crippen MR) is 77.7 cm³/mol. The Morgan fingerprint density at radius 2 is 2.14 bits per heavy atom. The van der Waals surface area contributed by atoms with Crippen LogP contribution in [0.25, 0.3) is 23.0 Å². The molecule has 2 aromatic heterocycles. The average Bonchev–Trinajstić information content (AvgIpc) is 3.15. The molecule has 1 N–H and O–H groups in total. The first-order valence-corrected chi connectivity index (χ1v) is 6.80. The SMILES string of the molecule is Cc1nccc(-c2noc(-c3ccc4c(c3)NCC4)n2)n1. The van der Waals surface area contributed by atoms with E-state index in [0.29, 0.717) is 23.2 Å². The number of benzene rings is 1. The summed E-state index contributed by atoms with van der Waals surface area (Å²) in [6.07, 6.45) is 2.75. The van der Waals surface area contributed by atoms with E-state index in [0.717, 1.165) is 24.2 Å². The highest BCUT2D eigenvalue weighted by Gasteiger charge is 2.15. The van der Waals surface area contributed by atoms with Gasteiger partial charge in [0.25, 0.3) is 5.89 Å². The fourth-order valence-electron chi connectivity index (χ4n) is 2.45. The van der Waals surface area contributed by atoms with Gasteiger partial charge >= 0.3 is 0 Å². The van der Waals surface area contributed by atoms with Crippen molar-refractivity contribution in [2.45, 2.75) is 13.3 Å². The highest BCUT2D eigenvalue weighted by molar-refractivity contribution is 5.67. The van der Waals surface area contributed by atoms with Crippen molar-refractivity contribution < 1.29 is 4.52 Å². The Kier molecular flexibility index (Phi) is 2.67. The van der Waals surface area contributed by atoms with E-state index in [2.05, 4.69) is 31.5 Å². The number of nitrogens with zero attached hydrogens (tertiary/aromatic N) is 4. The van der Waals surface area contributed by atoms with Crippen molar-refractivity contribution >= 4 is 5.69 Å². The monoisotopic (exact) mass is 279 g/mol. The van der Waals surface area contributed by atoms with E-state index in [1.807, 2.05) is 19.1 Å². The van der Waals surface area contributed by atoms with Crippen LogP contribution in [0.15, 0.2) is 35.0 Å². The number of aromatic nitrogens is 4. The van der Waals surface area contributed by atoms with Crippen LogP contribution in [0.2, 0.25) is 0 Å².